The molecular weight excluding hydrogens is 833 g/mol. The van der Waals surface area contributed by atoms with Crippen LogP contribution in [-0.2, 0) is 46.5 Å². The van der Waals surface area contributed by atoms with Crippen molar-refractivity contribution in [3.63, 3.8) is 0 Å². The molecule has 4 aliphatic rings. The molecule has 3 saturated heterocycles. The van der Waals surface area contributed by atoms with E-state index in [1.807, 2.05) is 52.0 Å². The fourth-order valence-electron chi connectivity index (χ4n) is 6.80. The van der Waals surface area contributed by atoms with Gasteiger partial charge in [0, 0.05) is 51.9 Å². The zero-order valence-electron chi connectivity index (χ0n) is 47.1. The van der Waals surface area contributed by atoms with E-state index < -0.39 is 0 Å². The van der Waals surface area contributed by atoms with E-state index in [0.717, 1.165) is 37.6 Å². The topological polar surface area (TPSA) is 111 Å². The van der Waals surface area contributed by atoms with Gasteiger partial charge in [0.2, 0.25) is 0 Å². The van der Waals surface area contributed by atoms with Gasteiger partial charge in [-0.2, -0.15) is 0 Å². The molecule has 0 spiro atoms. The van der Waals surface area contributed by atoms with Crippen molar-refractivity contribution in [2.45, 2.75) is 249 Å². The second-order valence-electron chi connectivity index (χ2n) is 22.5. The van der Waals surface area contributed by atoms with Crippen molar-refractivity contribution in [1.82, 2.24) is 0 Å². The molecule has 18 heteroatoms. The third-order valence-electron chi connectivity index (χ3n) is 10.7. The van der Waals surface area contributed by atoms with Gasteiger partial charge >= 0.3 is 42.7 Å². The highest BCUT2D eigenvalue weighted by Gasteiger charge is 2.52. The van der Waals surface area contributed by atoms with E-state index in [9.17, 15) is 0 Å². The summed E-state index contributed by atoms with van der Waals surface area (Å²) in [5, 5.41) is 0. The maximum Gasteiger partial charge on any atom is 0.597 e. The monoisotopic (exact) mass is 933 g/mol. The molecule has 0 unspecified atom stereocenters. The van der Waals surface area contributed by atoms with Crippen molar-refractivity contribution in [2.24, 2.45) is 0 Å². The largest absolute Gasteiger partial charge is 0.597 e. The van der Waals surface area contributed by atoms with Gasteiger partial charge in [0.05, 0.1) is 22.4 Å². The van der Waals surface area contributed by atoms with E-state index in [1.54, 1.807) is 14.2 Å². The van der Waals surface area contributed by atoms with Gasteiger partial charge in [0.1, 0.15) is 11.5 Å². The molecule has 0 radical (unpaired) electrons. The Hall–Kier alpha value is -1.19. The molecule has 0 N–H and O–H groups in total. The van der Waals surface area contributed by atoms with Gasteiger partial charge in [-0.3, -0.25) is 0 Å². The Morgan fingerprint density at radius 1 is 0.470 bits per heavy atom. The lowest BCUT2D eigenvalue weighted by molar-refractivity contribution is -0.0791. The minimum Gasteiger partial charge on any atom is -0.523 e. The molecule has 380 valence electrons. The second kappa shape index (κ2) is 30.5. The predicted octanol–water partition coefficient (Wildman–Crippen LogP) is 13.0. The molecule has 0 bridgehead atoms. The lowest BCUT2D eigenvalue weighted by Gasteiger charge is -2.45. The van der Waals surface area contributed by atoms with Crippen LogP contribution in [-0.4, -0.2) is 105 Å². The average molecular weight is 932 g/mol. The minimum atomic E-state index is -0.179. The number of para-hydroxylation sites is 2. The fraction of sp³-hybridized carbons (Fsp3) is 0.875. The summed E-state index contributed by atoms with van der Waals surface area (Å²) in [6, 6.07) is 7.76. The summed E-state index contributed by atoms with van der Waals surface area (Å²) in [6.07, 6.45) is 2.46. The van der Waals surface area contributed by atoms with Gasteiger partial charge in [0.25, 0.3) is 0 Å². The quantitative estimate of drug-likeness (QED) is 0.186. The minimum absolute atomic E-state index is 0.0463. The zero-order valence-corrected chi connectivity index (χ0v) is 47.1. The van der Waals surface area contributed by atoms with Crippen molar-refractivity contribution in [1.29, 1.82) is 0 Å². The van der Waals surface area contributed by atoms with Crippen molar-refractivity contribution in [3.05, 3.63) is 24.3 Å². The van der Waals surface area contributed by atoms with Crippen LogP contribution in [0, 0.1) is 0 Å². The number of benzene rings is 1. The van der Waals surface area contributed by atoms with Crippen molar-refractivity contribution >= 4 is 42.7 Å². The van der Waals surface area contributed by atoms with Crippen molar-refractivity contribution in [2.75, 3.05) is 27.4 Å². The van der Waals surface area contributed by atoms with E-state index in [2.05, 4.69) is 138 Å². The molecule has 4 aliphatic heterocycles. The Morgan fingerprint density at radius 3 is 1.05 bits per heavy atom. The number of hydrogen-bond donors (Lipinski definition) is 0. The van der Waals surface area contributed by atoms with Crippen molar-refractivity contribution < 1.29 is 55.9 Å². The van der Waals surface area contributed by atoms with Crippen LogP contribution in [0.15, 0.2) is 24.3 Å². The standard InChI is InChI=1S/C10H21BO2.C9H11BO2.C9H19BO2.C9H21BO2.C6H13BO2.C5H13BO2/c1-8(2)11-12-9(3,4)7-10(5,6)13-11;1-7(2)10-11-8-5-3-4-6-9(8)12-10;1-7(2)10-11-8(3,4)9(5,6)12-10;1-7(2)10(11-8(3)4)12-9(5)6;1-6(2)7-8-4-3-5-9-7;1-5(2)6(7-3)8-4/h8H,7H2,1-6H3;3-7H,1-2H3;7H,1-6H3;7-9H,1-6H3;6H,3-5H2,1-2H3;5H,1-4H3. The number of hydrogen-bond acceptors (Lipinski definition) is 12. The first-order valence-electron chi connectivity index (χ1n) is 24.9. The summed E-state index contributed by atoms with van der Waals surface area (Å²) >= 11 is 0. The van der Waals surface area contributed by atoms with Crippen LogP contribution in [0.1, 0.15) is 179 Å². The van der Waals surface area contributed by atoms with Gasteiger partial charge in [-0.15, -0.1) is 0 Å². The number of fused-ring (bicyclic) bond motifs is 1. The molecule has 0 aliphatic carbocycles. The first kappa shape index (κ1) is 64.8. The van der Waals surface area contributed by atoms with Crippen LogP contribution in [0.5, 0.6) is 11.5 Å². The second-order valence-corrected chi connectivity index (χ2v) is 22.5. The molecule has 12 nitrogen and oxygen atoms in total. The summed E-state index contributed by atoms with van der Waals surface area (Å²) in [4.78, 5) is 0. The van der Waals surface area contributed by atoms with E-state index in [1.165, 1.54) is 0 Å². The highest BCUT2D eigenvalue weighted by molar-refractivity contribution is 6.49. The normalized spacial score (nSPS) is 18.9. The van der Waals surface area contributed by atoms with Crippen LogP contribution in [0.4, 0.5) is 0 Å². The van der Waals surface area contributed by atoms with Gasteiger partial charge in [-0.05, 0) is 131 Å². The lowest BCUT2D eigenvalue weighted by atomic mass is 9.69. The first-order chi connectivity index (χ1) is 30.2. The van der Waals surface area contributed by atoms with Crippen LogP contribution < -0.4 is 9.31 Å². The fourth-order valence-corrected chi connectivity index (χ4v) is 6.80. The molecule has 0 atom stereocenters. The maximum absolute atomic E-state index is 5.85. The smallest absolute Gasteiger partial charge is 0.523 e. The lowest BCUT2D eigenvalue weighted by Crippen LogP contribution is -2.52. The Morgan fingerprint density at radius 2 is 0.803 bits per heavy atom. The molecule has 5 rings (SSSR count). The van der Waals surface area contributed by atoms with Gasteiger partial charge < -0.3 is 55.9 Å². The van der Waals surface area contributed by atoms with E-state index in [0.29, 0.717) is 34.9 Å². The Bertz CT molecular complexity index is 1330. The van der Waals surface area contributed by atoms with E-state index in [-0.39, 0.29) is 77.3 Å². The third-order valence-corrected chi connectivity index (χ3v) is 10.7. The Kier molecular flexibility index (Phi) is 30.0. The molecule has 0 saturated carbocycles. The van der Waals surface area contributed by atoms with Gasteiger partial charge in [0.15, 0.2) is 0 Å². The molecule has 4 heterocycles. The predicted molar refractivity (Wildman–Crippen MR) is 281 cm³/mol. The van der Waals surface area contributed by atoms with E-state index in [4.69, 9.17) is 55.9 Å². The summed E-state index contributed by atoms with van der Waals surface area (Å²) in [5.74, 6) is 4.28. The van der Waals surface area contributed by atoms with Gasteiger partial charge in [-0.25, -0.2) is 0 Å². The summed E-state index contributed by atoms with van der Waals surface area (Å²) in [7, 11) is 3.03. The van der Waals surface area contributed by atoms with Crippen molar-refractivity contribution in [3.8, 4) is 11.5 Å². The van der Waals surface area contributed by atoms with E-state index >= 15 is 0 Å². The molecule has 3 fully saturated rings. The number of rotatable bonds is 12. The van der Waals surface area contributed by atoms with Gasteiger partial charge in [-0.1, -0.05) is 95.2 Å². The third kappa shape index (κ3) is 25.6. The SMILES string of the molecule is CC(C)B1OC(C)(C)C(C)(C)O1.CC(C)B1OC(C)(C)CC(C)(C)O1.CC(C)B1OCCCO1.CC(C)B1Oc2ccccc2O1.CC(C)OB(OC(C)C)C(C)C.COB(OC)C(C)C. The highest BCUT2D eigenvalue weighted by atomic mass is 16.7. The molecular formula is C48H98B6O12. The maximum atomic E-state index is 5.85. The van der Waals surface area contributed by atoms with Crippen LogP contribution >= 0.6 is 0 Å². The van der Waals surface area contributed by atoms with Crippen LogP contribution in [0.25, 0.3) is 0 Å². The molecule has 0 aromatic heterocycles. The first-order valence-corrected chi connectivity index (χ1v) is 24.9. The molecule has 1 aromatic rings. The Labute approximate surface area is 408 Å². The summed E-state index contributed by atoms with van der Waals surface area (Å²) in [6.45, 7) is 51.9. The van der Waals surface area contributed by atoms with Crippen LogP contribution in [0.2, 0.25) is 34.9 Å². The molecule has 1 aromatic carbocycles. The molecule has 0 amide bonds. The van der Waals surface area contributed by atoms with Crippen LogP contribution in [0.3, 0.4) is 0 Å². The Balaban J connectivity index is 0.000000774. The summed E-state index contributed by atoms with van der Waals surface area (Å²) < 4.78 is 66.1. The summed E-state index contributed by atoms with van der Waals surface area (Å²) in [5.41, 5.74) is -0.475. The molecule has 66 heavy (non-hydrogen) atoms. The zero-order chi connectivity index (χ0) is 51.4. The average Bonchev–Trinajstić information content (AvgIpc) is 3.72. The highest BCUT2D eigenvalue weighted by Crippen LogP contribution is 2.40.